The smallest absolute Gasteiger partial charge is 0.157 e. The van der Waals surface area contributed by atoms with E-state index in [1.807, 2.05) is 42.5 Å². The van der Waals surface area contributed by atoms with E-state index in [4.69, 9.17) is 13.9 Å². The molecule has 1 fully saturated rings. The summed E-state index contributed by atoms with van der Waals surface area (Å²) in [5.74, 6) is 6.24. The highest BCUT2D eigenvalue weighted by Crippen LogP contribution is 2.71. The summed E-state index contributed by atoms with van der Waals surface area (Å²) in [5.41, 5.74) is 11.2. The van der Waals surface area contributed by atoms with Crippen LogP contribution in [0.2, 0.25) is 0 Å². The third-order valence-electron chi connectivity index (χ3n) is 25.7. The molecule has 0 amide bonds. The Labute approximate surface area is 582 Å². The maximum Gasteiger partial charge on any atom is 0.157 e. The molecule has 508 valence electrons. The lowest BCUT2D eigenvalue weighted by molar-refractivity contribution is -0.0529. The molecule has 0 N–H and O–H groups in total. The monoisotopic (exact) mass is 1320 g/mol. The Morgan fingerprint density at radius 1 is 0.626 bits per heavy atom. The van der Waals surface area contributed by atoms with Crippen molar-refractivity contribution < 1.29 is 31.5 Å². The highest BCUT2D eigenvalue weighted by Gasteiger charge is 2.65. The van der Waals surface area contributed by atoms with Crippen molar-refractivity contribution in [3.8, 4) is 11.5 Å². The van der Waals surface area contributed by atoms with Gasteiger partial charge in [-0.25, -0.2) is 17.6 Å². The van der Waals surface area contributed by atoms with Crippen molar-refractivity contribution in [2.45, 2.75) is 164 Å². The van der Waals surface area contributed by atoms with E-state index in [-0.39, 0.29) is 41.9 Å². The molecule has 13 aliphatic rings. The van der Waals surface area contributed by atoms with Crippen molar-refractivity contribution in [1.82, 2.24) is 4.90 Å². The van der Waals surface area contributed by atoms with E-state index in [1.54, 1.807) is 6.08 Å². The van der Waals surface area contributed by atoms with Gasteiger partial charge in [-0.05, 0) is 263 Å². The first-order valence-corrected chi connectivity index (χ1v) is 37.4. The lowest BCUT2D eigenvalue weighted by Gasteiger charge is -2.55. The van der Waals surface area contributed by atoms with Crippen molar-refractivity contribution in [3.63, 3.8) is 0 Å². The van der Waals surface area contributed by atoms with Crippen molar-refractivity contribution >= 4 is 28.8 Å². The summed E-state index contributed by atoms with van der Waals surface area (Å²) in [4.78, 5) is 4.68. The number of nitrogens with zero attached hydrogens (tertiary/aromatic N) is 2. The number of rotatable bonds is 16. The van der Waals surface area contributed by atoms with E-state index in [0.717, 1.165) is 152 Å². The number of anilines is 1. The summed E-state index contributed by atoms with van der Waals surface area (Å²) in [6, 6.07) is 22.8. The third kappa shape index (κ3) is 11.2. The molecule has 9 heteroatoms. The predicted molar refractivity (Wildman–Crippen MR) is 393 cm³/mol. The van der Waals surface area contributed by atoms with Gasteiger partial charge in [0.1, 0.15) is 34.8 Å². The average molecular weight is 1330 g/mol. The average Bonchev–Trinajstić information content (AvgIpc) is 1.55. The molecule has 17 atom stereocenters. The number of ether oxygens (including phenoxy) is 2. The fourth-order valence-corrected chi connectivity index (χ4v) is 21.6. The lowest BCUT2D eigenvalue weighted by atomic mass is 9.50. The summed E-state index contributed by atoms with van der Waals surface area (Å²) in [6.07, 6.45) is 64.6. The van der Waals surface area contributed by atoms with Crippen LogP contribution in [0.4, 0.5) is 23.2 Å². The van der Waals surface area contributed by atoms with Crippen molar-refractivity contribution in [3.05, 3.63) is 281 Å². The Bertz CT molecular complexity index is 4320. The Hall–Kier alpha value is -8.30. The molecule has 0 saturated heterocycles. The summed E-state index contributed by atoms with van der Waals surface area (Å²) < 4.78 is 83.4. The van der Waals surface area contributed by atoms with Crippen LogP contribution in [0.25, 0.3) is 23.1 Å². The minimum atomic E-state index is -1.82. The highest BCUT2D eigenvalue weighted by molar-refractivity contribution is 5.92. The molecule has 0 spiro atoms. The number of allylic oxidation sites excluding steroid dienone is 26. The van der Waals surface area contributed by atoms with Crippen LogP contribution >= 0.6 is 0 Å². The van der Waals surface area contributed by atoms with Gasteiger partial charge in [-0.1, -0.05) is 139 Å². The summed E-state index contributed by atoms with van der Waals surface area (Å²) >= 11 is 0. The maximum absolute atomic E-state index is 16.2. The Kier molecular flexibility index (Phi) is 17.3. The number of alkyl halides is 3. The van der Waals surface area contributed by atoms with E-state index < -0.39 is 29.8 Å². The SMILES string of the molecule is C=Cc1ccc(Oc2ccc(C3(C4=CC=CCC4)C4=C(C=CCC4)C4C=CC(N(C5=CC(F)C(F)C=C5)c5ccc6oc7c(c6c5)C=C(N(C5=CC=C(F)C(F)C5)C5C=CC6C8C=CCCC8C(C8CC=CCC8)(C8CC=C(OC9C=CC(C=C)CC9)CC8)C6C5)CC7)CC43)cc2)cc1. The van der Waals surface area contributed by atoms with Crippen LogP contribution in [0, 0.1) is 58.7 Å². The first-order chi connectivity index (χ1) is 48.6. The highest BCUT2D eigenvalue weighted by atomic mass is 19.2. The van der Waals surface area contributed by atoms with Crippen LogP contribution in [-0.4, -0.2) is 41.6 Å². The molecule has 99 heavy (non-hydrogen) atoms. The molecule has 0 bridgehead atoms. The first kappa shape index (κ1) is 64.1. The van der Waals surface area contributed by atoms with Gasteiger partial charge in [0.2, 0.25) is 0 Å². The van der Waals surface area contributed by atoms with Crippen LogP contribution in [0.5, 0.6) is 11.5 Å². The Morgan fingerprint density at radius 2 is 1.43 bits per heavy atom. The van der Waals surface area contributed by atoms with Crippen molar-refractivity contribution in [2.75, 3.05) is 4.90 Å². The number of hydrogen-bond acceptors (Lipinski definition) is 5. The Balaban J connectivity index is 0.734. The van der Waals surface area contributed by atoms with Gasteiger partial charge in [0.25, 0.3) is 0 Å². The van der Waals surface area contributed by atoms with Crippen molar-refractivity contribution in [1.29, 1.82) is 0 Å². The zero-order valence-corrected chi connectivity index (χ0v) is 56.8. The number of fused-ring (bicyclic) bond motifs is 8. The van der Waals surface area contributed by atoms with Gasteiger partial charge in [-0.2, -0.15) is 0 Å². The topological polar surface area (TPSA) is 38.1 Å². The molecule has 0 aliphatic heterocycles. The number of halogens is 4. The van der Waals surface area contributed by atoms with Gasteiger partial charge < -0.3 is 23.7 Å². The fraction of sp³-hybridized carbons (Fsp3) is 0.400. The molecule has 1 saturated carbocycles. The van der Waals surface area contributed by atoms with Crippen LogP contribution in [0.15, 0.2) is 263 Å². The molecular weight excluding hydrogens is 1230 g/mol. The standard InChI is InChI=1S/C90H92F4N2O3/c1-3-57-23-37-69(38-24-57)97-71-41-27-61(28-42-71)89(59-15-7-5-8-16-59)79-21-13-11-19-73(79)75-45-31-65(53-81(75)89)95(67-33-47-83(91)85(93)55-67)63-35-49-87-77(51-63)78-52-64(36-50-88(78)99-87)96(68-34-48-84(92)86(94)56-68)66-32-46-76-74-20-12-14-22-80(74)90(82(76)54-66,60-17-9-6-10-18-60)62-29-43-72(44-30-62)98-70-39-25-58(4-2)26-40-70/h3-7,9,11-12,15,19-20,23-25,27-28,31-35,37-39,41-43,45-49,51-52,55,58,60,62,65-66,70,74-76,80-83,85-86H,1-2,8,10,13-14,16-18,21-22,26,29-30,36,40,44,50,53-54,56H2. The van der Waals surface area contributed by atoms with Gasteiger partial charge in [-0.15, -0.1) is 6.58 Å². The molecule has 5 nitrogen and oxygen atoms in total. The lowest BCUT2D eigenvalue weighted by Crippen LogP contribution is -2.50. The molecule has 17 rings (SSSR count). The minimum Gasteiger partial charge on any atom is -0.491 e. The second-order valence-electron chi connectivity index (χ2n) is 30.5. The van der Waals surface area contributed by atoms with Crippen LogP contribution in [-0.2, 0) is 16.6 Å². The maximum atomic E-state index is 16.2. The second kappa shape index (κ2) is 26.7. The normalized spacial score (nSPS) is 34.8. The number of hydrogen-bond donors (Lipinski definition) is 0. The molecule has 13 aliphatic carbocycles. The van der Waals surface area contributed by atoms with E-state index in [0.29, 0.717) is 60.0 Å². The molecule has 0 radical (unpaired) electrons. The van der Waals surface area contributed by atoms with Gasteiger partial charge in [-0.3, -0.25) is 0 Å². The molecule has 17 unspecified atom stereocenters. The zero-order valence-electron chi connectivity index (χ0n) is 56.8. The van der Waals surface area contributed by atoms with Crippen molar-refractivity contribution in [2.24, 2.45) is 58.7 Å². The summed E-state index contributed by atoms with van der Waals surface area (Å²) in [6.45, 7) is 7.97. The van der Waals surface area contributed by atoms with E-state index in [1.165, 1.54) is 53.4 Å². The molecule has 1 heterocycles. The van der Waals surface area contributed by atoms with E-state index >= 15 is 17.6 Å². The van der Waals surface area contributed by atoms with E-state index in [9.17, 15) is 0 Å². The second-order valence-corrected chi connectivity index (χ2v) is 30.5. The fourth-order valence-electron chi connectivity index (χ4n) is 21.6. The minimum absolute atomic E-state index is 0.0482. The number of benzene rings is 3. The number of furan rings is 1. The van der Waals surface area contributed by atoms with Gasteiger partial charge in [0.15, 0.2) is 18.5 Å². The van der Waals surface area contributed by atoms with Gasteiger partial charge >= 0.3 is 0 Å². The number of aryl methyl sites for hydroxylation is 1. The zero-order chi connectivity index (χ0) is 66.9. The van der Waals surface area contributed by atoms with Crippen LogP contribution < -0.4 is 9.64 Å². The summed E-state index contributed by atoms with van der Waals surface area (Å²) in [7, 11) is 0. The first-order valence-electron chi connectivity index (χ1n) is 37.4. The quantitative estimate of drug-likeness (QED) is 0.0826. The van der Waals surface area contributed by atoms with Gasteiger partial charge in [0, 0.05) is 64.3 Å². The van der Waals surface area contributed by atoms with E-state index in [2.05, 4.69) is 169 Å². The van der Waals surface area contributed by atoms with Crippen LogP contribution in [0.3, 0.4) is 0 Å². The van der Waals surface area contributed by atoms with Gasteiger partial charge in [0.05, 0.1) is 17.8 Å². The molecule has 3 aromatic carbocycles. The molecule has 1 aromatic heterocycles. The largest absolute Gasteiger partial charge is 0.491 e. The molecular formula is C90H92F4N2O3. The third-order valence-corrected chi connectivity index (χ3v) is 25.7. The predicted octanol–water partition coefficient (Wildman–Crippen LogP) is 23.0. The van der Waals surface area contributed by atoms with Crippen LogP contribution in [0.1, 0.15) is 138 Å². The molecule has 4 aromatic rings. The summed E-state index contributed by atoms with van der Waals surface area (Å²) in [5, 5.41) is 0.926. The Morgan fingerprint density at radius 3 is 2.20 bits per heavy atom.